The van der Waals surface area contributed by atoms with Gasteiger partial charge in [-0.1, -0.05) is 13.0 Å². The molecule has 0 aliphatic carbocycles. The van der Waals surface area contributed by atoms with Gasteiger partial charge in [-0.25, -0.2) is 13.9 Å². The fraction of sp³-hybridized carbons (Fsp3) is 0.227. The highest BCUT2D eigenvalue weighted by molar-refractivity contribution is 6.05. The van der Waals surface area contributed by atoms with Gasteiger partial charge in [-0.2, -0.15) is 5.10 Å². The molecule has 0 spiro atoms. The SMILES string of the molecule is CCOC(=O)COc1cccc(NC(=O)c2cnn(-c3ccc(F)cc3)c2CC)c1. The van der Waals surface area contributed by atoms with Crippen LogP contribution < -0.4 is 10.1 Å². The maximum absolute atomic E-state index is 13.2. The molecule has 30 heavy (non-hydrogen) atoms. The van der Waals surface area contributed by atoms with E-state index in [1.807, 2.05) is 6.92 Å². The number of esters is 1. The van der Waals surface area contributed by atoms with Crippen molar-refractivity contribution in [3.63, 3.8) is 0 Å². The Morgan fingerprint density at radius 2 is 1.90 bits per heavy atom. The number of benzene rings is 2. The standard InChI is InChI=1S/C22H22FN3O4/c1-3-20-19(13-24-26(20)17-10-8-15(23)9-11-17)22(28)25-16-6-5-7-18(12-16)30-14-21(27)29-4-2/h5-13H,3-4,14H2,1-2H3,(H,25,28). The van der Waals surface area contributed by atoms with Crippen molar-refractivity contribution in [2.75, 3.05) is 18.5 Å². The minimum absolute atomic E-state index is 0.213. The predicted octanol–water partition coefficient (Wildman–Crippen LogP) is 3.77. The summed E-state index contributed by atoms with van der Waals surface area (Å²) in [6.45, 7) is 3.70. The molecule has 3 aromatic rings. The molecule has 0 saturated carbocycles. The Labute approximate surface area is 173 Å². The molecule has 8 heteroatoms. The van der Waals surface area contributed by atoms with Crippen LogP contribution in [0.15, 0.2) is 54.7 Å². The van der Waals surface area contributed by atoms with Gasteiger partial charge in [0.15, 0.2) is 6.61 Å². The largest absolute Gasteiger partial charge is 0.482 e. The number of anilines is 1. The Balaban J connectivity index is 1.74. The van der Waals surface area contributed by atoms with Crippen LogP contribution in [0.1, 0.15) is 29.9 Å². The van der Waals surface area contributed by atoms with Crippen LogP contribution >= 0.6 is 0 Å². The molecule has 0 radical (unpaired) electrons. The van der Waals surface area contributed by atoms with Gasteiger partial charge in [0.2, 0.25) is 0 Å². The monoisotopic (exact) mass is 411 g/mol. The van der Waals surface area contributed by atoms with E-state index in [-0.39, 0.29) is 24.9 Å². The first-order valence-corrected chi connectivity index (χ1v) is 9.54. The maximum Gasteiger partial charge on any atom is 0.344 e. The van der Waals surface area contributed by atoms with Gasteiger partial charge in [-0.15, -0.1) is 0 Å². The molecular formula is C22H22FN3O4. The van der Waals surface area contributed by atoms with E-state index in [1.165, 1.54) is 18.3 Å². The number of amides is 1. The Morgan fingerprint density at radius 1 is 1.13 bits per heavy atom. The van der Waals surface area contributed by atoms with E-state index >= 15 is 0 Å². The zero-order chi connectivity index (χ0) is 21.5. The third-order valence-corrected chi connectivity index (χ3v) is 4.27. The van der Waals surface area contributed by atoms with Crippen LogP contribution in [0.25, 0.3) is 5.69 Å². The Hall–Kier alpha value is -3.68. The summed E-state index contributed by atoms with van der Waals surface area (Å²) in [6.07, 6.45) is 2.04. The lowest BCUT2D eigenvalue weighted by Crippen LogP contribution is -2.15. The van der Waals surface area contributed by atoms with Crippen LogP contribution in [0.2, 0.25) is 0 Å². The zero-order valence-electron chi connectivity index (χ0n) is 16.7. The first-order valence-electron chi connectivity index (χ1n) is 9.54. The molecule has 3 rings (SSSR count). The zero-order valence-corrected chi connectivity index (χ0v) is 16.7. The summed E-state index contributed by atoms with van der Waals surface area (Å²) in [5, 5.41) is 7.10. The second kappa shape index (κ2) is 9.69. The summed E-state index contributed by atoms with van der Waals surface area (Å²) in [7, 11) is 0. The first kappa shape index (κ1) is 21.0. The molecule has 0 atom stereocenters. The predicted molar refractivity (Wildman–Crippen MR) is 109 cm³/mol. The summed E-state index contributed by atoms with van der Waals surface area (Å²) < 4.78 is 25.0. The highest BCUT2D eigenvalue weighted by atomic mass is 19.1. The molecule has 0 saturated heterocycles. The number of carbonyl (C=O) groups excluding carboxylic acids is 2. The average Bonchev–Trinajstić information content (AvgIpc) is 3.17. The van der Waals surface area contributed by atoms with Crippen molar-refractivity contribution in [3.05, 3.63) is 71.8 Å². The van der Waals surface area contributed by atoms with Gasteiger partial charge in [0, 0.05) is 11.8 Å². The van der Waals surface area contributed by atoms with Crippen molar-refractivity contribution in [3.8, 4) is 11.4 Å². The van der Waals surface area contributed by atoms with Crippen LogP contribution in [0, 0.1) is 5.82 Å². The van der Waals surface area contributed by atoms with Gasteiger partial charge in [0.25, 0.3) is 5.91 Å². The molecule has 0 bridgehead atoms. The van der Waals surface area contributed by atoms with Crippen molar-refractivity contribution in [2.45, 2.75) is 20.3 Å². The Morgan fingerprint density at radius 3 is 2.60 bits per heavy atom. The van der Waals surface area contributed by atoms with Crippen molar-refractivity contribution < 1.29 is 23.5 Å². The normalized spacial score (nSPS) is 10.5. The minimum Gasteiger partial charge on any atom is -0.482 e. The average molecular weight is 411 g/mol. The molecule has 1 aromatic heterocycles. The molecule has 0 aliphatic heterocycles. The van der Waals surface area contributed by atoms with E-state index < -0.39 is 5.97 Å². The van der Waals surface area contributed by atoms with Crippen LogP contribution in [-0.2, 0) is 16.0 Å². The van der Waals surface area contributed by atoms with Crippen molar-refractivity contribution in [2.24, 2.45) is 0 Å². The fourth-order valence-electron chi connectivity index (χ4n) is 2.92. The van der Waals surface area contributed by atoms with Crippen LogP contribution in [0.5, 0.6) is 5.75 Å². The summed E-state index contributed by atoms with van der Waals surface area (Å²) in [5.74, 6) is -0.707. The second-order valence-electron chi connectivity index (χ2n) is 6.32. The van der Waals surface area contributed by atoms with E-state index in [4.69, 9.17) is 9.47 Å². The lowest BCUT2D eigenvalue weighted by atomic mass is 10.1. The van der Waals surface area contributed by atoms with Gasteiger partial charge in [0.1, 0.15) is 11.6 Å². The molecule has 1 amide bonds. The number of nitrogens with zero attached hydrogens (tertiary/aromatic N) is 2. The number of nitrogens with one attached hydrogen (secondary N) is 1. The molecule has 156 valence electrons. The van der Waals surface area contributed by atoms with Crippen molar-refractivity contribution in [1.82, 2.24) is 9.78 Å². The summed E-state index contributed by atoms with van der Waals surface area (Å²) in [5.41, 5.74) is 2.30. The number of carbonyl (C=O) groups is 2. The van der Waals surface area contributed by atoms with E-state index in [1.54, 1.807) is 48.0 Å². The summed E-state index contributed by atoms with van der Waals surface area (Å²) in [4.78, 5) is 24.2. The van der Waals surface area contributed by atoms with Crippen LogP contribution in [0.4, 0.5) is 10.1 Å². The summed E-state index contributed by atoms with van der Waals surface area (Å²) >= 11 is 0. The molecule has 0 aliphatic rings. The van der Waals surface area contributed by atoms with Gasteiger partial charge in [0.05, 0.1) is 29.7 Å². The van der Waals surface area contributed by atoms with Gasteiger partial charge in [-0.05, 0) is 49.7 Å². The van der Waals surface area contributed by atoms with E-state index in [9.17, 15) is 14.0 Å². The third-order valence-electron chi connectivity index (χ3n) is 4.27. The van der Waals surface area contributed by atoms with E-state index in [2.05, 4.69) is 10.4 Å². The maximum atomic E-state index is 13.2. The molecule has 1 heterocycles. The highest BCUT2D eigenvalue weighted by Crippen LogP contribution is 2.21. The number of halogens is 1. The highest BCUT2D eigenvalue weighted by Gasteiger charge is 2.17. The minimum atomic E-state index is -0.465. The fourth-order valence-corrected chi connectivity index (χ4v) is 2.92. The van der Waals surface area contributed by atoms with E-state index in [0.717, 1.165) is 0 Å². The summed E-state index contributed by atoms with van der Waals surface area (Å²) in [6, 6.07) is 12.6. The molecular weight excluding hydrogens is 389 g/mol. The van der Waals surface area contributed by atoms with Crippen molar-refractivity contribution >= 4 is 17.6 Å². The Kier molecular flexibility index (Phi) is 6.79. The third kappa shape index (κ3) is 5.02. The van der Waals surface area contributed by atoms with Gasteiger partial charge in [-0.3, -0.25) is 4.79 Å². The second-order valence-corrected chi connectivity index (χ2v) is 6.32. The molecule has 7 nitrogen and oxygen atoms in total. The number of ether oxygens (including phenoxy) is 2. The van der Waals surface area contributed by atoms with Gasteiger partial charge >= 0.3 is 5.97 Å². The Bertz CT molecular complexity index is 1030. The smallest absolute Gasteiger partial charge is 0.344 e. The van der Waals surface area contributed by atoms with Crippen LogP contribution in [-0.4, -0.2) is 34.9 Å². The molecule has 1 N–H and O–H groups in total. The molecule has 0 fully saturated rings. The van der Waals surface area contributed by atoms with Crippen LogP contribution in [0.3, 0.4) is 0 Å². The number of rotatable bonds is 8. The lowest BCUT2D eigenvalue weighted by molar-refractivity contribution is -0.145. The molecule has 0 unspecified atom stereocenters. The topological polar surface area (TPSA) is 82.4 Å². The lowest BCUT2D eigenvalue weighted by Gasteiger charge is -2.10. The number of aromatic nitrogens is 2. The van der Waals surface area contributed by atoms with E-state index in [0.29, 0.717) is 34.8 Å². The first-order chi connectivity index (χ1) is 14.5. The van der Waals surface area contributed by atoms with Crippen molar-refractivity contribution in [1.29, 1.82) is 0 Å². The number of hydrogen-bond donors (Lipinski definition) is 1. The number of hydrogen-bond acceptors (Lipinski definition) is 5. The molecule has 2 aromatic carbocycles. The van der Waals surface area contributed by atoms with Gasteiger partial charge < -0.3 is 14.8 Å². The quantitative estimate of drug-likeness (QED) is 0.571.